The molecule has 0 saturated heterocycles. The van der Waals surface area contributed by atoms with Gasteiger partial charge in [-0.2, -0.15) is 0 Å². The van der Waals surface area contributed by atoms with Crippen molar-refractivity contribution < 1.29 is 18.0 Å². The maximum absolute atomic E-state index is 12.7. The van der Waals surface area contributed by atoms with Gasteiger partial charge in [-0.25, -0.2) is 12.7 Å². The molecule has 0 bridgehead atoms. The quantitative estimate of drug-likeness (QED) is 0.837. The standard InChI is InChI=1S/C18H22N2O4S/c21-17(19-13-5-3-1-2-4-6-13)12-7-10-15-16(11-12)25(23,24)20(18(15)22)14-8-9-14/h7,10-11,13-14H,1-6,8-9H2,(H,19,21). The Morgan fingerprint density at radius 3 is 2.36 bits per heavy atom. The summed E-state index contributed by atoms with van der Waals surface area (Å²) >= 11 is 0. The van der Waals surface area contributed by atoms with Gasteiger partial charge in [-0.1, -0.05) is 25.7 Å². The van der Waals surface area contributed by atoms with Gasteiger partial charge in [0, 0.05) is 17.6 Å². The van der Waals surface area contributed by atoms with Crippen LogP contribution in [0, 0.1) is 0 Å². The minimum absolute atomic E-state index is 0.0297. The Kier molecular flexibility index (Phi) is 4.06. The highest BCUT2D eigenvalue weighted by Gasteiger charge is 2.48. The molecule has 0 radical (unpaired) electrons. The third-order valence-corrected chi connectivity index (χ3v) is 7.16. The molecule has 2 amide bonds. The fraction of sp³-hybridized carbons (Fsp3) is 0.556. The first-order valence-electron chi connectivity index (χ1n) is 9.02. The van der Waals surface area contributed by atoms with Gasteiger partial charge >= 0.3 is 0 Å². The third kappa shape index (κ3) is 2.94. The second kappa shape index (κ2) is 6.12. The van der Waals surface area contributed by atoms with Crippen LogP contribution in [-0.4, -0.2) is 36.6 Å². The molecule has 4 rings (SSSR count). The molecular formula is C18H22N2O4S. The molecule has 0 unspecified atom stereocenters. The number of amides is 2. The van der Waals surface area contributed by atoms with Crippen LogP contribution in [0.4, 0.5) is 0 Å². The van der Waals surface area contributed by atoms with Crippen molar-refractivity contribution in [3.8, 4) is 0 Å². The molecule has 6 nitrogen and oxygen atoms in total. The molecule has 0 aromatic heterocycles. The van der Waals surface area contributed by atoms with Crippen LogP contribution in [0.15, 0.2) is 23.1 Å². The summed E-state index contributed by atoms with van der Waals surface area (Å²) in [7, 11) is -3.82. The van der Waals surface area contributed by atoms with Crippen LogP contribution in [-0.2, 0) is 10.0 Å². The number of nitrogens with one attached hydrogen (secondary N) is 1. The molecule has 1 aliphatic heterocycles. The van der Waals surface area contributed by atoms with E-state index in [1.807, 2.05) is 0 Å². The van der Waals surface area contributed by atoms with Crippen molar-refractivity contribution in [2.45, 2.75) is 68.3 Å². The molecule has 7 heteroatoms. The number of hydrogen-bond acceptors (Lipinski definition) is 4. The molecule has 0 atom stereocenters. The van der Waals surface area contributed by atoms with Crippen LogP contribution >= 0.6 is 0 Å². The van der Waals surface area contributed by atoms with Crippen LogP contribution in [0.3, 0.4) is 0 Å². The summed E-state index contributed by atoms with van der Waals surface area (Å²) in [6, 6.07) is 4.31. The van der Waals surface area contributed by atoms with Crippen molar-refractivity contribution in [3.05, 3.63) is 29.3 Å². The van der Waals surface area contributed by atoms with Crippen molar-refractivity contribution in [2.24, 2.45) is 0 Å². The van der Waals surface area contributed by atoms with E-state index in [1.165, 1.54) is 25.0 Å². The van der Waals surface area contributed by atoms with E-state index < -0.39 is 15.9 Å². The van der Waals surface area contributed by atoms with Gasteiger partial charge in [0.15, 0.2) is 0 Å². The van der Waals surface area contributed by atoms with E-state index in [-0.39, 0.29) is 28.4 Å². The second-order valence-electron chi connectivity index (χ2n) is 7.21. The fourth-order valence-electron chi connectivity index (χ4n) is 3.75. The van der Waals surface area contributed by atoms with E-state index in [0.717, 1.165) is 30.0 Å². The van der Waals surface area contributed by atoms with E-state index in [9.17, 15) is 18.0 Å². The molecule has 1 N–H and O–H groups in total. The van der Waals surface area contributed by atoms with E-state index in [4.69, 9.17) is 0 Å². The first-order valence-corrected chi connectivity index (χ1v) is 10.5. The Hall–Kier alpha value is -1.89. The third-order valence-electron chi connectivity index (χ3n) is 5.28. The summed E-state index contributed by atoms with van der Waals surface area (Å²) in [5.41, 5.74) is 0.481. The number of fused-ring (bicyclic) bond motifs is 1. The van der Waals surface area contributed by atoms with Gasteiger partial charge in [0.2, 0.25) is 0 Å². The van der Waals surface area contributed by atoms with E-state index in [0.29, 0.717) is 18.4 Å². The normalized spacial score (nSPS) is 23.2. The number of hydrogen-bond donors (Lipinski definition) is 1. The first-order chi connectivity index (χ1) is 12.0. The van der Waals surface area contributed by atoms with Crippen molar-refractivity contribution in [3.63, 3.8) is 0 Å². The summed E-state index contributed by atoms with van der Waals surface area (Å²) in [5.74, 6) is -0.726. The summed E-state index contributed by atoms with van der Waals surface area (Å²) in [6.45, 7) is 0. The van der Waals surface area contributed by atoms with Gasteiger partial charge in [-0.3, -0.25) is 9.59 Å². The summed E-state index contributed by atoms with van der Waals surface area (Å²) in [6.07, 6.45) is 7.96. The highest BCUT2D eigenvalue weighted by molar-refractivity contribution is 7.90. The Morgan fingerprint density at radius 2 is 1.72 bits per heavy atom. The van der Waals surface area contributed by atoms with Gasteiger partial charge in [-0.15, -0.1) is 0 Å². The van der Waals surface area contributed by atoms with Gasteiger partial charge in [0.05, 0.1) is 5.56 Å². The summed E-state index contributed by atoms with van der Waals surface area (Å²) in [4.78, 5) is 24.9. The summed E-state index contributed by atoms with van der Waals surface area (Å²) < 4.78 is 26.3. The number of carbonyl (C=O) groups is 2. The average Bonchev–Trinajstić information content (AvgIpc) is 3.40. The molecule has 134 valence electrons. The highest BCUT2D eigenvalue weighted by atomic mass is 32.2. The molecule has 25 heavy (non-hydrogen) atoms. The fourth-order valence-corrected chi connectivity index (χ4v) is 5.59. The van der Waals surface area contributed by atoms with Crippen LogP contribution < -0.4 is 5.32 Å². The van der Waals surface area contributed by atoms with Crippen LogP contribution in [0.2, 0.25) is 0 Å². The molecule has 1 aromatic rings. The minimum atomic E-state index is -3.82. The molecule has 1 aromatic carbocycles. The lowest BCUT2D eigenvalue weighted by Gasteiger charge is -2.16. The van der Waals surface area contributed by atoms with E-state index in [2.05, 4.69) is 5.32 Å². The molecule has 1 heterocycles. The van der Waals surface area contributed by atoms with E-state index in [1.54, 1.807) is 6.07 Å². The number of carbonyl (C=O) groups excluding carboxylic acids is 2. The second-order valence-corrected chi connectivity index (χ2v) is 8.99. The van der Waals surface area contributed by atoms with Gasteiger partial charge < -0.3 is 5.32 Å². The number of rotatable bonds is 3. The number of nitrogens with zero attached hydrogens (tertiary/aromatic N) is 1. The van der Waals surface area contributed by atoms with Crippen LogP contribution in [0.1, 0.15) is 72.1 Å². The molecule has 2 fully saturated rings. The Balaban J connectivity index is 1.58. The number of benzene rings is 1. The average molecular weight is 362 g/mol. The van der Waals surface area contributed by atoms with Crippen LogP contribution in [0.25, 0.3) is 0 Å². The maximum Gasteiger partial charge on any atom is 0.269 e. The predicted octanol–water partition coefficient (Wildman–Crippen LogP) is 2.45. The monoisotopic (exact) mass is 362 g/mol. The minimum Gasteiger partial charge on any atom is -0.349 e. The molecule has 3 aliphatic rings. The largest absolute Gasteiger partial charge is 0.349 e. The van der Waals surface area contributed by atoms with Gasteiger partial charge in [0.1, 0.15) is 4.90 Å². The SMILES string of the molecule is O=C(NC1CCCCCC1)c1ccc2c(c1)S(=O)(=O)N(C1CC1)C2=O. The maximum atomic E-state index is 12.7. The lowest BCUT2D eigenvalue weighted by Crippen LogP contribution is -2.34. The molecule has 2 saturated carbocycles. The lowest BCUT2D eigenvalue weighted by molar-refractivity contribution is 0.0863. The Morgan fingerprint density at radius 1 is 1.04 bits per heavy atom. The summed E-state index contributed by atoms with van der Waals surface area (Å²) in [5, 5.41) is 3.02. The molecule has 2 aliphatic carbocycles. The zero-order chi connectivity index (χ0) is 17.6. The zero-order valence-corrected chi connectivity index (χ0v) is 14.8. The van der Waals surface area contributed by atoms with Gasteiger partial charge in [-0.05, 0) is 43.9 Å². The zero-order valence-electron chi connectivity index (χ0n) is 14.0. The van der Waals surface area contributed by atoms with Crippen molar-refractivity contribution >= 4 is 21.8 Å². The Bertz CT molecular complexity index is 821. The predicted molar refractivity (Wildman–Crippen MR) is 91.8 cm³/mol. The van der Waals surface area contributed by atoms with Gasteiger partial charge in [0.25, 0.3) is 21.8 Å². The highest BCUT2D eigenvalue weighted by Crippen LogP contribution is 2.39. The first kappa shape index (κ1) is 16.6. The number of sulfonamides is 1. The van der Waals surface area contributed by atoms with Crippen molar-refractivity contribution in [2.75, 3.05) is 0 Å². The molecule has 0 spiro atoms. The van der Waals surface area contributed by atoms with E-state index >= 15 is 0 Å². The topological polar surface area (TPSA) is 83.6 Å². The lowest BCUT2D eigenvalue weighted by atomic mass is 10.1. The van der Waals surface area contributed by atoms with Crippen LogP contribution in [0.5, 0.6) is 0 Å². The molecular weight excluding hydrogens is 340 g/mol. The Labute approximate surface area is 147 Å². The van der Waals surface area contributed by atoms with Crippen molar-refractivity contribution in [1.29, 1.82) is 0 Å². The smallest absolute Gasteiger partial charge is 0.269 e. The van der Waals surface area contributed by atoms with Crippen molar-refractivity contribution in [1.82, 2.24) is 9.62 Å².